The molecular formula is C21H16BrN3O4. The topological polar surface area (TPSA) is 93.8 Å². The van der Waals surface area contributed by atoms with Crippen molar-refractivity contribution in [3.05, 3.63) is 92.9 Å². The summed E-state index contributed by atoms with van der Waals surface area (Å²) in [7, 11) is 0. The van der Waals surface area contributed by atoms with Crippen LogP contribution in [0.4, 0.5) is 5.69 Å². The highest BCUT2D eigenvalue weighted by molar-refractivity contribution is 9.10. The summed E-state index contributed by atoms with van der Waals surface area (Å²) in [6.45, 7) is -0.252. The summed E-state index contributed by atoms with van der Waals surface area (Å²) in [4.78, 5) is 22.4. The summed E-state index contributed by atoms with van der Waals surface area (Å²) < 4.78 is 6.23. The van der Waals surface area contributed by atoms with Crippen LogP contribution in [0.2, 0.25) is 0 Å². The molecule has 0 aromatic heterocycles. The quantitative estimate of drug-likeness (QED) is 0.322. The molecule has 0 aliphatic carbocycles. The highest BCUT2D eigenvalue weighted by Crippen LogP contribution is 2.30. The number of nitrogens with one attached hydrogen (secondary N) is 1. The first-order chi connectivity index (χ1) is 14.0. The van der Waals surface area contributed by atoms with Gasteiger partial charge in [-0.1, -0.05) is 48.5 Å². The molecule has 0 aliphatic rings. The number of hydrazone groups is 1. The summed E-state index contributed by atoms with van der Waals surface area (Å²) in [6, 6.07) is 21.6. The molecule has 1 N–H and O–H groups in total. The number of nitrogens with zero attached hydrogens (tertiary/aromatic N) is 2. The Morgan fingerprint density at radius 1 is 1.07 bits per heavy atom. The largest absolute Gasteiger partial charge is 0.483 e. The Hall–Kier alpha value is -3.52. The third-order valence-electron chi connectivity index (χ3n) is 3.92. The molecule has 29 heavy (non-hydrogen) atoms. The van der Waals surface area contributed by atoms with Crippen molar-refractivity contribution in [1.82, 2.24) is 5.43 Å². The SMILES string of the molecule is O=C(COc1ccc(-c2ccccc2)cc1Br)N/N=C/c1ccccc1[N+](=O)[O-]. The number of carbonyl (C=O) groups is 1. The minimum absolute atomic E-state index is 0.0933. The first kappa shape index (κ1) is 20.2. The highest BCUT2D eigenvalue weighted by Gasteiger charge is 2.10. The number of ether oxygens (including phenoxy) is 1. The number of carbonyl (C=O) groups excluding carboxylic acids is 1. The average Bonchev–Trinajstić information content (AvgIpc) is 2.73. The molecule has 0 saturated heterocycles. The van der Waals surface area contributed by atoms with E-state index in [1.54, 1.807) is 18.2 Å². The molecular weight excluding hydrogens is 438 g/mol. The molecule has 0 aliphatic heterocycles. The van der Waals surface area contributed by atoms with E-state index >= 15 is 0 Å². The van der Waals surface area contributed by atoms with Crippen LogP contribution in [0.15, 0.2) is 82.4 Å². The van der Waals surface area contributed by atoms with E-state index in [1.165, 1.54) is 18.3 Å². The van der Waals surface area contributed by atoms with Crippen LogP contribution in [0.5, 0.6) is 5.75 Å². The van der Waals surface area contributed by atoms with E-state index in [-0.39, 0.29) is 17.9 Å². The number of nitro groups is 1. The Bertz CT molecular complexity index is 1050. The Kier molecular flexibility index (Phi) is 6.70. The van der Waals surface area contributed by atoms with Crippen molar-refractivity contribution < 1.29 is 14.5 Å². The molecule has 0 saturated carbocycles. The molecule has 0 spiro atoms. The lowest BCUT2D eigenvalue weighted by Crippen LogP contribution is -2.24. The average molecular weight is 454 g/mol. The van der Waals surface area contributed by atoms with Gasteiger partial charge in [-0.05, 0) is 45.3 Å². The Morgan fingerprint density at radius 3 is 2.52 bits per heavy atom. The van der Waals surface area contributed by atoms with Crippen molar-refractivity contribution in [2.45, 2.75) is 0 Å². The number of benzene rings is 3. The number of halogens is 1. The first-order valence-corrected chi connectivity index (χ1v) is 9.37. The fourth-order valence-corrected chi connectivity index (χ4v) is 3.03. The normalized spacial score (nSPS) is 10.7. The molecule has 0 radical (unpaired) electrons. The molecule has 0 unspecified atom stereocenters. The van der Waals surface area contributed by atoms with Gasteiger partial charge >= 0.3 is 0 Å². The lowest BCUT2D eigenvalue weighted by atomic mass is 10.1. The number of para-hydroxylation sites is 1. The Labute approximate surface area is 175 Å². The molecule has 0 bridgehead atoms. The van der Waals surface area contributed by atoms with Crippen molar-refractivity contribution in [1.29, 1.82) is 0 Å². The van der Waals surface area contributed by atoms with Crippen molar-refractivity contribution >= 4 is 33.7 Å². The fraction of sp³-hybridized carbons (Fsp3) is 0.0476. The van der Waals surface area contributed by atoms with Crippen molar-refractivity contribution in [2.75, 3.05) is 6.61 Å². The van der Waals surface area contributed by atoms with Gasteiger partial charge in [-0.3, -0.25) is 14.9 Å². The second-order valence-electron chi connectivity index (χ2n) is 5.91. The van der Waals surface area contributed by atoms with Gasteiger partial charge in [0.15, 0.2) is 6.61 Å². The number of amides is 1. The summed E-state index contributed by atoms with van der Waals surface area (Å²) in [5, 5.41) is 14.7. The van der Waals surface area contributed by atoms with Gasteiger partial charge < -0.3 is 4.74 Å². The van der Waals surface area contributed by atoms with E-state index in [4.69, 9.17) is 4.74 Å². The maximum absolute atomic E-state index is 11.9. The summed E-state index contributed by atoms with van der Waals surface area (Å²) in [5.74, 6) is 0.0291. The Morgan fingerprint density at radius 2 is 1.79 bits per heavy atom. The molecule has 146 valence electrons. The van der Waals surface area contributed by atoms with Gasteiger partial charge in [0.05, 0.1) is 21.2 Å². The number of nitro benzene ring substituents is 1. The third kappa shape index (κ3) is 5.49. The van der Waals surface area contributed by atoms with Crippen LogP contribution in [0, 0.1) is 10.1 Å². The van der Waals surface area contributed by atoms with Gasteiger partial charge in [0.2, 0.25) is 0 Å². The van der Waals surface area contributed by atoms with Crippen molar-refractivity contribution in [3.63, 3.8) is 0 Å². The van der Waals surface area contributed by atoms with E-state index in [9.17, 15) is 14.9 Å². The number of hydrogen-bond acceptors (Lipinski definition) is 5. The molecule has 0 atom stereocenters. The van der Waals surface area contributed by atoms with Gasteiger partial charge in [0.1, 0.15) is 5.75 Å². The van der Waals surface area contributed by atoms with Crippen LogP contribution in [0.1, 0.15) is 5.56 Å². The third-order valence-corrected chi connectivity index (χ3v) is 4.54. The second kappa shape index (κ2) is 9.61. The molecule has 1 amide bonds. The molecule has 0 fully saturated rings. The van der Waals surface area contributed by atoms with Gasteiger partial charge in [-0.15, -0.1) is 0 Å². The van der Waals surface area contributed by atoms with Gasteiger partial charge in [0.25, 0.3) is 11.6 Å². The van der Waals surface area contributed by atoms with E-state index in [0.29, 0.717) is 5.75 Å². The lowest BCUT2D eigenvalue weighted by molar-refractivity contribution is -0.385. The highest BCUT2D eigenvalue weighted by atomic mass is 79.9. The van der Waals surface area contributed by atoms with Crippen LogP contribution >= 0.6 is 15.9 Å². The molecule has 3 aromatic carbocycles. The van der Waals surface area contributed by atoms with Gasteiger partial charge in [-0.25, -0.2) is 5.43 Å². The fourth-order valence-electron chi connectivity index (χ4n) is 2.54. The number of rotatable bonds is 7. The van der Waals surface area contributed by atoms with Crippen LogP contribution < -0.4 is 10.2 Å². The molecule has 3 aromatic rings. The Balaban J connectivity index is 1.57. The van der Waals surface area contributed by atoms with Crippen LogP contribution in [-0.4, -0.2) is 23.7 Å². The summed E-state index contributed by atoms with van der Waals surface area (Å²) >= 11 is 3.45. The van der Waals surface area contributed by atoms with Gasteiger partial charge in [-0.2, -0.15) is 5.10 Å². The zero-order valence-corrected chi connectivity index (χ0v) is 16.7. The van der Waals surface area contributed by atoms with Crippen LogP contribution in [-0.2, 0) is 4.79 Å². The predicted molar refractivity (Wildman–Crippen MR) is 114 cm³/mol. The van der Waals surface area contributed by atoms with E-state index in [0.717, 1.165) is 15.6 Å². The molecule has 3 rings (SSSR count). The van der Waals surface area contributed by atoms with Crippen LogP contribution in [0.3, 0.4) is 0 Å². The molecule has 0 heterocycles. The zero-order valence-electron chi connectivity index (χ0n) is 15.1. The standard InChI is InChI=1S/C21H16BrN3O4/c22-18-12-16(15-6-2-1-3-7-15)10-11-20(18)29-14-21(26)24-23-13-17-8-4-5-9-19(17)25(27)28/h1-13H,14H2,(H,24,26)/b23-13+. The maximum Gasteiger partial charge on any atom is 0.278 e. The van der Waals surface area contributed by atoms with E-state index in [2.05, 4.69) is 26.5 Å². The van der Waals surface area contributed by atoms with Gasteiger partial charge in [0, 0.05) is 6.07 Å². The first-order valence-electron chi connectivity index (χ1n) is 8.57. The smallest absolute Gasteiger partial charge is 0.278 e. The van der Waals surface area contributed by atoms with E-state index in [1.807, 2.05) is 42.5 Å². The van der Waals surface area contributed by atoms with Crippen LogP contribution in [0.25, 0.3) is 11.1 Å². The van der Waals surface area contributed by atoms with Crippen molar-refractivity contribution in [2.24, 2.45) is 5.10 Å². The number of hydrogen-bond donors (Lipinski definition) is 1. The second-order valence-corrected chi connectivity index (χ2v) is 6.76. The minimum Gasteiger partial charge on any atom is -0.483 e. The monoisotopic (exact) mass is 453 g/mol. The lowest BCUT2D eigenvalue weighted by Gasteiger charge is -2.09. The van der Waals surface area contributed by atoms with E-state index < -0.39 is 10.8 Å². The zero-order chi connectivity index (χ0) is 20.6. The van der Waals surface area contributed by atoms with Crippen molar-refractivity contribution in [3.8, 4) is 16.9 Å². The molecule has 8 heteroatoms. The molecule has 7 nitrogen and oxygen atoms in total. The maximum atomic E-state index is 11.9. The summed E-state index contributed by atoms with van der Waals surface area (Å²) in [6.07, 6.45) is 1.22. The predicted octanol–water partition coefficient (Wildman–Crippen LogP) is 4.55. The minimum atomic E-state index is -0.511. The summed E-state index contributed by atoms with van der Waals surface area (Å²) in [5.41, 5.74) is 4.58.